The highest BCUT2D eigenvalue weighted by molar-refractivity contribution is 5.70. The molecule has 4 N–H and O–H groups in total. The van der Waals surface area contributed by atoms with Crippen molar-refractivity contribution in [1.82, 2.24) is 0 Å². The summed E-state index contributed by atoms with van der Waals surface area (Å²) in [6, 6.07) is 0. The van der Waals surface area contributed by atoms with E-state index in [1.807, 2.05) is 12.2 Å². The zero-order valence-corrected chi connectivity index (χ0v) is 36.9. The number of aliphatic hydroxyl groups is 4. The fraction of sp³-hybridized carbons (Fsp3) is 0.640. The second-order valence-electron chi connectivity index (χ2n) is 15.1. The maximum Gasteiger partial charge on any atom is 0.306 e. The molecule has 1 fully saturated rings. The van der Waals surface area contributed by atoms with Crippen LogP contribution in [0.1, 0.15) is 149 Å². The number of hydrogen-bond acceptors (Lipinski definition) is 10. The molecule has 1 aliphatic heterocycles. The monoisotopic (exact) mass is 841 g/mol. The normalized spacial score (nSPS) is 20.8. The minimum atomic E-state index is -1.62. The molecule has 1 aliphatic rings. The summed E-state index contributed by atoms with van der Waals surface area (Å²) in [4.78, 5) is 25.3. The van der Waals surface area contributed by atoms with Gasteiger partial charge in [0.15, 0.2) is 12.4 Å². The Bertz CT molecular complexity index is 1290. The Morgan fingerprint density at radius 1 is 0.533 bits per heavy atom. The molecular weight excluding hydrogens is 761 g/mol. The number of hydrogen-bond donors (Lipinski definition) is 4. The summed E-state index contributed by atoms with van der Waals surface area (Å²) in [7, 11) is 0. The molecule has 0 aromatic heterocycles. The molecule has 10 heteroatoms. The van der Waals surface area contributed by atoms with E-state index in [4.69, 9.17) is 18.9 Å². The second kappa shape index (κ2) is 39.7. The van der Waals surface area contributed by atoms with Gasteiger partial charge in [0.2, 0.25) is 0 Å². The number of allylic oxidation sites excluding steroid dienone is 16. The van der Waals surface area contributed by atoms with Gasteiger partial charge in [-0.25, -0.2) is 0 Å². The molecule has 0 aromatic carbocycles. The zero-order chi connectivity index (χ0) is 43.7. The van der Waals surface area contributed by atoms with Crippen LogP contribution >= 0.6 is 0 Å². The van der Waals surface area contributed by atoms with Crippen LogP contribution in [0.3, 0.4) is 0 Å². The Morgan fingerprint density at radius 2 is 1.02 bits per heavy atom. The van der Waals surface area contributed by atoms with Gasteiger partial charge in [-0.1, -0.05) is 150 Å². The van der Waals surface area contributed by atoms with Crippen molar-refractivity contribution in [3.63, 3.8) is 0 Å². The van der Waals surface area contributed by atoms with Crippen LogP contribution in [-0.4, -0.2) is 89.0 Å². The molecule has 6 unspecified atom stereocenters. The van der Waals surface area contributed by atoms with E-state index >= 15 is 0 Å². The number of aliphatic hydroxyl groups excluding tert-OH is 4. The predicted octanol–water partition coefficient (Wildman–Crippen LogP) is 9.94. The topological polar surface area (TPSA) is 152 Å². The van der Waals surface area contributed by atoms with Crippen LogP contribution < -0.4 is 0 Å². The third kappa shape index (κ3) is 30.6. The Labute approximate surface area is 362 Å². The van der Waals surface area contributed by atoms with Gasteiger partial charge in [0, 0.05) is 12.8 Å². The molecule has 1 heterocycles. The fourth-order valence-corrected chi connectivity index (χ4v) is 6.12. The molecule has 0 amide bonds. The van der Waals surface area contributed by atoms with E-state index < -0.39 is 55.4 Å². The molecule has 0 aromatic rings. The van der Waals surface area contributed by atoms with E-state index in [1.165, 1.54) is 32.1 Å². The number of ether oxygens (including phenoxy) is 4. The lowest BCUT2D eigenvalue weighted by atomic mass is 9.99. The van der Waals surface area contributed by atoms with Gasteiger partial charge in [0.25, 0.3) is 0 Å². The van der Waals surface area contributed by atoms with E-state index in [1.54, 1.807) is 0 Å². The average Bonchev–Trinajstić information content (AvgIpc) is 3.25. The average molecular weight is 841 g/mol. The van der Waals surface area contributed by atoms with E-state index in [-0.39, 0.29) is 26.1 Å². The van der Waals surface area contributed by atoms with Crippen molar-refractivity contribution >= 4 is 11.9 Å². The van der Waals surface area contributed by atoms with Gasteiger partial charge in [-0.2, -0.15) is 0 Å². The first-order chi connectivity index (χ1) is 29.3. The van der Waals surface area contributed by atoms with Gasteiger partial charge >= 0.3 is 11.9 Å². The number of carbonyl (C=O) groups excluding carboxylic acids is 2. The molecule has 0 radical (unpaired) electrons. The summed E-state index contributed by atoms with van der Waals surface area (Å²) in [5.41, 5.74) is 0. The maximum absolute atomic E-state index is 12.7. The summed E-state index contributed by atoms with van der Waals surface area (Å²) in [6.45, 7) is 3.18. The van der Waals surface area contributed by atoms with E-state index in [0.29, 0.717) is 12.8 Å². The molecule has 0 bridgehead atoms. The molecule has 0 saturated carbocycles. The van der Waals surface area contributed by atoms with Crippen LogP contribution in [0.15, 0.2) is 97.2 Å². The standard InChI is InChI=1S/C50H80O10/c1-3-5-7-9-11-13-15-17-19-21-22-23-25-27-29-31-33-35-37-39-46(53)59-43(42-58-50-49(56)48(55)47(54)44(40-51)60-50)41-57-45(52)38-36-34-32-30-28-26-24-20-18-16-14-12-10-8-6-4-2/h5,7,11,13-14,16-17,19-20,22-24,27,29,33,35,43-44,47-51,54-56H,3-4,6,8-10,12,15,18,21,25-26,28,30-32,34,36-42H2,1-2H3/b7-5-,13-11-,16-14-,19-17-,23-22-,24-20-,29-27-,35-33-. The largest absolute Gasteiger partial charge is 0.462 e. The minimum absolute atomic E-state index is 0.0959. The SMILES string of the molecule is CC/C=C\C/C=C\C/C=C\C/C=C\C/C=C\C/C=C\CCC(=O)OC(COC(=O)CCCCCCC/C=C\C/C=C\CCCCCC)COC1OC(CO)C(O)C(O)C1O. The third-order valence-electron chi connectivity index (χ3n) is 9.72. The molecular formula is C50H80O10. The van der Waals surface area contributed by atoms with E-state index in [0.717, 1.165) is 77.0 Å². The van der Waals surface area contributed by atoms with Gasteiger partial charge < -0.3 is 39.4 Å². The molecule has 10 nitrogen and oxygen atoms in total. The first-order valence-corrected chi connectivity index (χ1v) is 22.8. The van der Waals surface area contributed by atoms with Crippen molar-refractivity contribution in [3.8, 4) is 0 Å². The van der Waals surface area contributed by atoms with Crippen LogP contribution in [0.5, 0.6) is 0 Å². The first kappa shape index (κ1) is 54.6. The Morgan fingerprint density at radius 3 is 1.55 bits per heavy atom. The van der Waals surface area contributed by atoms with Crippen molar-refractivity contribution in [2.45, 2.75) is 185 Å². The molecule has 60 heavy (non-hydrogen) atoms. The Balaban J connectivity index is 2.41. The molecule has 0 spiro atoms. The number of rotatable bonds is 36. The van der Waals surface area contributed by atoms with Gasteiger partial charge in [-0.15, -0.1) is 0 Å². The van der Waals surface area contributed by atoms with Crippen molar-refractivity contribution in [1.29, 1.82) is 0 Å². The summed E-state index contributed by atoms with van der Waals surface area (Å²) in [5, 5.41) is 40.1. The van der Waals surface area contributed by atoms with Crippen molar-refractivity contribution in [2.24, 2.45) is 0 Å². The van der Waals surface area contributed by atoms with Crippen molar-refractivity contribution in [2.75, 3.05) is 19.8 Å². The third-order valence-corrected chi connectivity index (χ3v) is 9.72. The quantitative estimate of drug-likeness (QED) is 0.0273. The molecule has 0 aliphatic carbocycles. The molecule has 1 rings (SSSR count). The molecule has 340 valence electrons. The molecule has 6 atom stereocenters. The lowest BCUT2D eigenvalue weighted by Crippen LogP contribution is -2.59. The summed E-state index contributed by atoms with van der Waals surface area (Å²) < 4.78 is 22.1. The smallest absolute Gasteiger partial charge is 0.306 e. The number of unbranched alkanes of at least 4 members (excludes halogenated alkanes) is 9. The number of esters is 2. The van der Waals surface area contributed by atoms with Crippen molar-refractivity contribution in [3.05, 3.63) is 97.2 Å². The van der Waals surface area contributed by atoms with Gasteiger partial charge in [0.05, 0.1) is 13.2 Å². The predicted molar refractivity (Wildman–Crippen MR) is 242 cm³/mol. The minimum Gasteiger partial charge on any atom is -0.462 e. The highest BCUT2D eigenvalue weighted by Gasteiger charge is 2.44. The summed E-state index contributed by atoms with van der Waals surface area (Å²) >= 11 is 0. The highest BCUT2D eigenvalue weighted by atomic mass is 16.7. The van der Waals surface area contributed by atoms with Gasteiger partial charge in [0.1, 0.15) is 31.0 Å². The highest BCUT2D eigenvalue weighted by Crippen LogP contribution is 2.22. The van der Waals surface area contributed by atoms with Crippen LogP contribution in [-0.2, 0) is 28.5 Å². The van der Waals surface area contributed by atoms with Crippen LogP contribution in [0.4, 0.5) is 0 Å². The van der Waals surface area contributed by atoms with Crippen LogP contribution in [0, 0.1) is 0 Å². The van der Waals surface area contributed by atoms with Crippen molar-refractivity contribution < 1.29 is 49.0 Å². The fourth-order valence-electron chi connectivity index (χ4n) is 6.12. The first-order valence-electron chi connectivity index (χ1n) is 22.8. The summed E-state index contributed by atoms with van der Waals surface area (Å²) in [5.74, 6) is -0.930. The van der Waals surface area contributed by atoms with Crippen LogP contribution in [0.2, 0.25) is 0 Å². The number of carbonyl (C=O) groups is 2. The lowest BCUT2D eigenvalue weighted by molar-refractivity contribution is -0.305. The summed E-state index contributed by atoms with van der Waals surface area (Å²) in [6.07, 6.45) is 45.6. The zero-order valence-electron chi connectivity index (χ0n) is 36.9. The lowest BCUT2D eigenvalue weighted by Gasteiger charge is -2.39. The van der Waals surface area contributed by atoms with Crippen LogP contribution in [0.25, 0.3) is 0 Å². The maximum atomic E-state index is 12.7. The Kier molecular flexibility index (Phi) is 36.2. The second-order valence-corrected chi connectivity index (χ2v) is 15.1. The van der Waals surface area contributed by atoms with Gasteiger partial charge in [-0.05, 0) is 83.5 Å². The van der Waals surface area contributed by atoms with E-state index in [9.17, 15) is 30.0 Å². The molecule has 1 saturated heterocycles. The van der Waals surface area contributed by atoms with E-state index in [2.05, 4.69) is 98.9 Å². The Hall–Kier alpha value is -3.38. The van der Waals surface area contributed by atoms with Gasteiger partial charge in [-0.3, -0.25) is 9.59 Å².